The molecule has 1 rings (SSSR count). The van der Waals surface area contributed by atoms with E-state index in [1.807, 2.05) is 24.3 Å². The Hall–Kier alpha value is -0.990. The summed E-state index contributed by atoms with van der Waals surface area (Å²) in [5, 5.41) is 0.727. The number of hydrogen-bond donors (Lipinski definition) is 1. The van der Waals surface area contributed by atoms with Crippen molar-refractivity contribution in [1.82, 2.24) is 0 Å². The highest BCUT2D eigenvalue weighted by atomic mass is 35.5. The van der Waals surface area contributed by atoms with Crippen molar-refractivity contribution < 1.29 is 4.74 Å². The van der Waals surface area contributed by atoms with Gasteiger partial charge in [0.2, 0.25) is 0 Å². The summed E-state index contributed by atoms with van der Waals surface area (Å²) in [6.07, 6.45) is 6.00. The topological polar surface area (TPSA) is 35.2 Å². The Morgan fingerprint density at radius 2 is 1.80 bits per heavy atom. The molecule has 2 N–H and O–H groups in total. The first kappa shape index (κ1) is 12.1. The monoisotopic (exact) mass is 225 g/mol. The van der Waals surface area contributed by atoms with Crippen LogP contribution in [0.15, 0.2) is 36.4 Å². The van der Waals surface area contributed by atoms with E-state index < -0.39 is 0 Å². The molecule has 0 radical (unpaired) electrons. The second-order valence-electron chi connectivity index (χ2n) is 3.14. The number of halogens is 1. The lowest BCUT2D eigenvalue weighted by atomic mass is 10.3. The molecule has 1 aromatic carbocycles. The highest BCUT2D eigenvalue weighted by Crippen LogP contribution is 2.15. The van der Waals surface area contributed by atoms with Gasteiger partial charge in [-0.05, 0) is 43.7 Å². The molecule has 0 spiro atoms. The van der Waals surface area contributed by atoms with Crippen LogP contribution in [-0.2, 0) is 0 Å². The van der Waals surface area contributed by atoms with E-state index in [-0.39, 0.29) is 0 Å². The van der Waals surface area contributed by atoms with Gasteiger partial charge in [-0.25, -0.2) is 0 Å². The molecular formula is C12H16ClNO. The molecule has 1 aromatic rings. The van der Waals surface area contributed by atoms with Gasteiger partial charge in [-0.15, -0.1) is 0 Å². The third kappa shape index (κ3) is 5.45. The first-order valence-corrected chi connectivity index (χ1v) is 5.44. The smallest absolute Gasteiger partial charge is 0.119 e. The zero-order chi connectivity index (χ0) is 10.9. The maximum absolute atomic E-state index is 5.75. The summed E-state index contributed by atoms with van der Waals surface area (Å²) < 4.78 is 5.50. The van der Waals surface area contributed by atoms with Crippen molar-refractivity contribution in [3.8, 4) is 5.75 Å². The molecule has 0 aliphatic rings. The van der Waals surface area contributed by atoms with Gasteiger partial charge in [0, 0.05) is 5.02 Å². The van der Waals surface area contributed by atoms with Crippen LogP contribution in [0.5, 0.6) is 5.75 Å². The molecule has 0 amide bonds. The van der Waals surface area contributed by atoms with Crippen LogP contribution in [0.3, 0.4) is 0 Å². The molecule has 0 bridgehead atoms. The quantitative estimate of drug-likeness (QED) is 0.597. The van der Waals surface area contributed by atoms with Crippen molar-refractivity contribution in [3.63, 3.8) is 0 Å². The Morgan fingerprint density at radius 3 is 2.47 bits per heavy atom. The average Bonchev–Trinajstić information content (AvgIpc) is 2.26. The first-order valence-electron chi connectivity index (χ1n) is 5.06. The molecule has 82 valence electrons. The molecule has 0 fully saturated rings. The summed E-state index contributed by atoms with van der Waals surface area (Å²) in [4.78, 5) is 0. The summed E-state index contributed by atoms with van der Waals surface area (Å²) in [7, 11) is 0. The van der Waals surface area contributed by atoms with E-state index in [9.17, 15) is 0 Å². The minimum Gasteiger partial charge on any atom is -0.493 e. The standard InChI is InChI=1S/C12H16ClNO/c13-11-5-7-12(8-6-11)15-10-4-2-1-3-9-14/h1-2,5-8H,3-4,9-10,14H2. The van der Waals surface area contributed by atoms with Crippen molar-refractivity contribution in [2.45, 2.75) is 12.8 Å². The van der Waals surface area contributed by atoms with Crippen LogP contribution in [0.4, 0.5) is 0 Å². The summed E-state index contributed by atoms with van der Waals surface area (Å²) in [6, 6.07) is 7.38. The van der Waals surface area contributed by atoms with Crippen molar-refractivity contribution >= 4 is 11.6 Å². The van der Waals surface area contributed by atoms with Crippen LogP contribution < -0.4 is 10.5 Å². The summed E-state index contributed by atoms with van der Waals surface area (Å²) in [5.41, 5.74) is 5.35. The molecular weight excluding hydrogens is 210 g/mol. The molecule has 0 aliphatic heterocycles. The summed E-state index contributed by atoms with van der Waals surface area (Å²) in [5.74, 6) is 0.853. The molecule has 15 heavy (non-hydrogen) atoms. The lowest BCUT2D eigenvalue weighted by Crippen LogP contribution is -1.97. The molecule has 3 heteroatoms. The third-order valence-corrected chi connectivity index (χ3v) is 2.12. The molecule has 0 aliphatic carbocycles. The Balaban J connectivity index is 2.17. The maximum atomic E-state index is 5.75. The predicted octanol–water partition coefficient (Wildman–Crippen LogP) is 3.01. The van der Waals surface area contributed by atoms with E-state index in [0.29, 0.717) is 13.2 Å². The number of rotatable bonds is 6. The number of benzene rings is 1. The second-order valence-corrected chi connectivity index (χ2v) is 3.58. The van der Waals surface area contributed by atoms with Gasteiger partial charge in [-0.1, -0.05) is 23.8 Å². The third-order valence-electron chi connectivity index (χ3n) is 1.87. The minimum absolute atomic E-state index is 0.683. The van der Waals surface area contributed by atoms with Gasteiger partial charge in [0.15, 0.2) is 0 Å². The zero-order valence-corrected chi connectivity index (χ0v) is 9.41. The first-order chi connectivity index (χ1) is 7.33. The number of nitrogens with two attached hydrogens (primary N) is 1. The Kier molecular flexibility index (Phi) is 5.90. The summed E-state index contributed by atoms with van der Waals surface area (Å²) in [6.45, 7) is 1.39. The zero-order valence-electron chi connectivity index (χ0n) is 8.66. The van der Waals surface area contributed by atoms with Gasteiger partial charge in [0.25, 0.3) is 0 Å². The van der Waals surface area contributed by atoms with Crippen molar-refractivity contribution in [1.29, 1.82) is 0 Å². The molecule has 0 saturated carbocycles. The van der Waals surface area contributed by atoms with Crippen LogP contribution in [0.1, 0.15) is 12.8 Å². The Morgan fingerprint density at radius 1 is 1.13 bits per heavy atom. The van der Waals surface area contributed by atoms with Crippen LogP contribution in [0.25, 0.3) is 0 Å². The van der Waals surface area contributed by atoms with Crippen molar-refractivity contribution in [3.05, 3.63) is 41.4 Å². The molecule has 0 atom stereocenters. The van der Waals surface area contributed by atoms with Crippen LogP contribution in [0, 0.1) is 0 Å². The van der Waals surface area contributed by atoms with Crippen molar-refractivity contribution in [2.24, 2.45) is 5.73 Å². The maximum Gasteiger partial charge on any atom is 0.119 e. The SMILES string of the molecule is NCCC=CCCOc1ccc(Cl)cc1. The fraction of sp³-hybridized carbons (Fsp3) is 0.333. The van der Waals surface area contributed by atoms with E-state index >= 15 is 0 Å². The van der Waals surface area contributed by atoms with Crippen LogP contribution in [-0.4, -0.2) is 13.2 Å². The second kappa shape index (κ2) is 7.32. The lowest BCUT2D eigenvalue weighted by Gasteiger charge is -2.03. The molecule has 0 unspecified atom stereocenters. The molecule has 0 heterocycles. The largest absolute Gasteiger partial charge is 0.493 e. The van der Waals surface area contributed by atoms with E-state index in [1.165, 1.54) is 0 Å². The van der Waals surface area contributed by atoms with Gasteiger partial charge in [-0.2, -0.15) is 0 Å². The van der Waals surface area contributed by atoms with E-state index in [2.05, 4.69) is 12.2 Å². The highest BCUT2D eigenvalue weighted by Gasteiger charge is 1.91. The predicted molar refractivity (Wildman–Crippen MR) is 64.4 cm³/mol. The fourth-order valence-electron chi connectivity index (χ4n) is 1.11. The Labute approximate surface area is 95.7 Å². The lowest BCUT2D eigenvalue weighted by molar-refractivity contribution is 0.325. The minimum atomic E-state index is 0.683. The van der Waals surface area contributed by atoms with Gasteiger partial charge in [-0.3, -0.25) is 0 Å². The van der Waals surface area contributed by atoms with Gasteiger partial charge in [0.1, 0.15) is 5.75 Å². The number of hydrogen-bond acceptors (Lipinski definition) is 2. The van der Waals surface area contributed by atoms with Crippen molar-refractivity contribution in [2.75, 3.05) is 13.2 Å². The number of ether oxygens (including phenoxy) is 1. The van der Waals surface area contributed by atoms with Gasteiger partial charge >= 0.3 is 0 Å². The average molecular weight is 226 g/mol. The molecule has 0 aromatic heterocycles. The van der Waals surface area contributed by atoms with Gasteiger partial charge in [0.05, 0.1) is 6.61 Å². The van der Waals surface area contributed by atoms with Crippen LogP contribution >= 0.6 is 11.6 Å². The fourth-order valence-corrected chi connectivity index (χ4v) is 1.23. The van der Waals surface area contributed by atoms with E-state index in [4.69, 9.17) is 22.1 Å². The highest BCUT2D eigenvalue weighted by molar-refractivity contribution is 6.30. The summed E-state index contributed by atoms with van der Waals surface area (Å²) >= 11 is 5.75. The Bertz CT molecular complexity index is 295. The van der Waals surface area contributed by atoms with E-state index in [1.54, 1.807) is 0 Å². The van der Waals surface area contributed by atoms with Gasteiger partial charge < -0.3 is 10.5 Å². The normalized spacial score (nSPS) is 10.8. The van der Waals surface area contributed by atoms with Crippen LogP contribution in [0.2, 0.25) is 5.02 Å². The molecule has 2 nitrogen and oxygen atoms in total. The molecule has 0 saturated heterocycles. The van der Waals surface area contributed by atoms with E-state index in [0.717, 1.165) is 23.6 Å².